The summed E-state index contributed by atoms with van der Waals surface area (Å²) in [6, 6.07) is -0.240. The van der Waals surface area contributed by atoms with Gasteiger partial charge in [-0.15, -0.1) is 11.3 Å². The maximum atomic E-state index is 12.6. The van der Waals surface area contributed by atoms with Crippen molar-refractivity contribution in [1.82, 2.24) is 10.3 Å². The van der Waals surface area contributed by atoms with E-state index in [4.69, 9.17) is 11.5 Å². The smallest absolute Gasteiger partial charge is 0.212 e. The molecule has 0 spiro atoms. The van der Waals surface area contributed by atoms with Crippen LogP contribution in [-0.4, -0.2) is 22.3 Å². The SMILES string of the molecule is NC1CCCCC1(N)C(=O)c1nc2c(s1)CNC2. The molecule has 0 amide bonds. The molecule has 0 saturated heterocycles. The molecule has 1 aliphatic carbocycles. The Labute approximate surface area is 110 Å². The Balaban J connectivity index is 1.88. The lowest BCUT2D eigenvalue weighted by atomic mass is 9.76. The van der Waals surface area contributed by atoms with Crippen LogP contribution in [0.5, 0.6) is 0 Å². The monoisotopic (exact) mass is 266 g/mol. The van der Waals surface area contributed by atoms with Crippen LogP contribution in [0.4, 0.5) is 0 Å². The molecule has 2 unspecified atom stereocenters. The van der Waals surface area contributed by atoms with E-state index in [9.17, 15) is 4.79 Å². The number of Topliss-reactive ketones (excluding diaryl/α,β-unsaturated/α-hetero) is 1. The number of carbonyl (C=O) groups excluding carboxylic acids is 1. The fourth-order valence-electron chi connectivity index (χ4n) is 2.76. The van der Waals surface area contributed by atoms with Crippen LogP contribution in [0, 0.1) is 0 Å². The van der Waals surface area contributed by atoms with Crippen molar-refractivity contribution in [3.05, 3.63) is 15.6 Å². The standard InChI is InChI=1S/C12H18N4OS/c13-9-3-1-2-4-12(9,14)10(17)11-16-7-5-15-6-8(7)18-11/h9,15H,1-6,13-14H2. The first-order chi connectivity index (χ1) is 8.61. The Bertz CT molecular complexity index is 465. The van der Waals surface area contributed by atoms with Crippen molar-refractivity contribution >= 4 is 17.1 Å². The second kappa shape index (κ2) is 4.38. The van der Waals surface area contributed by atoms with Crippen LogP contribution in [0.3, 0.4) is 0 Å². The van der Waals surface area contributed by atoms with Crippen LogP contribution in [0.1, 0.15) is 46.1 Å². The van der Waals surface area contributed by atoms with Gasteiger partial charge in [0.15, 0.2) is 5.01 Å². The van der Waals surface area contributed by atoms with Crippen molar-refractivity contribution in [2.75, 3.05) is 0 Å². The zero-order chi connectivity index (χ0) is 12.8. The van der Waals surface area contributed by atoms with Gasteiger partial charge in [0, 0.05) is 24.0 Å². The van der Waals surface area contributed by atoms with Gasteiger partial charge in [0.05, 0.1) is 11.2 Å². The van der Waals surface area contributed by atoms with Gasteiger partial charge in [0.25, 0.3) is 0 Å². The third-order valence-electron chi connectivity index (χ3n) is 3.99. The highest BCUT2D eigenvalue weighted by Gasteiger charge is 2.43. The van der Waals surface area contributed by atoms with Crippen molar-refractivity contribution in [2.24, 2.45) is 11.5 Å². The number of fused-ring (bicyclic) bond motifs is 1. The van der Waals surface area contributed by atoms with Crippen LogP contribution in [0.2, 0.25) is 0 Å². The summed E-state index contributed by atoms with van der Waals surface area (Å²) in [5, 5.41) is 3.76. The zero-order valence-electron chi connectivity index (χ0n) is 10.2. The van der Waals surface area contributed by atoms with Gasteiger partial charge in [-0.3, -0.25) is 4.79 Å². The summed E-state index contributed by atoms with van der Waals surface area (Å²) in [6.45, 7) is 1.56. The van der Waals surface area contributed by atoms with Gasteiger partial charge < -0.3 is 16.8 Å². The summed E-state index contributed by atoms with van der Waals surface area (Å²) in [7, 11) is 0. The number of thiazole rings is 1. The van der Waals surface area contributed by atoms with Crippen LogP contribution in [-0.2, 0) is 13.1 Å². The van der Waals surface area contributed by atoms with Crippen molar-refractivity contribution < 1.29 is 4.79 Å². The molecule has 0 radical (unpaired) electrons. The van der Waals surface area contributed by atoms with Crippen molar-refractivity contribution in [1.29, 1.82) is 0 Å². The molecule has 1 saturated carbocycles. The van der Waals surface area contributed by atoms with Gasteiger partial charge in [-0.2, -0.15) is 0 Å². The Hall–Kier alpha value is -0.820. The molecule has 1 aromatic heterocycles. The molecule has 2 atom stereocenters. The lowest BCUT2D eigenvalue weighted by molar-refractivity contribution is 0.0822. The largest absolute Gasteiger partial charge is 0.326 e. The highest BCUT2D eigenvalue weighted by atomic mass is 32.1. The van der Waals surface area contributed by atoms with E-state index in [2.05, 4.69) is 10.3 Å². The Morgan fingerprint density at radius 1 is 1.44 bits per heavy atom. The first kappa shape index (κ1) is 12.2. The molecule has 5 N–H and O–H groups in total. The molecule has 18 heavy (non-hydrogen) atoms. The predicted molar refractivity (Wildman–Crippen MR) is 70.4 cm³/mol. The highest BCUT2D eigenvalue weighted by Crippen LogP contribution is 2.31. The summed E-state index contributed by atoms with van der Waals surface area (Å²) in [6.07, 6.45) is 3.54. The number of nitrogens with one attached hydrogen (secondary N) is 1. The molecular formula is C12H18N4OS. The van der Waals surface area contributed by atoms with Crippen LogP contribution in [0.15, 0.2) is 0 Å². The van der Waals surface area contributed by atoms with Crippen molar-refractivity contribution in [3.8, 4) is 0 Å². The fraction of sp³-hybridized carbons (Fsp3) is 0.667. The third kappa shape index (κ3) is 1.80. The minimum absolute atomic E-state index is 0.0610. The quantitative estimate of drug-likeness (QED) is 0.679. The van der Waals surface area contributed by atoms with E-state index in [-0.39, 0.29) is 11.8 Å². The van der Waals surface area contributed by atoms with Gasteiger partial charge in [-0.1, -0.05) is 12.8 Å². The molecule has 1 aromatic rings. The van der Waals surface area contributed by atoms with E-state index >= 15 is 0 Å². The summed E-state index contributed by atoms with van der Waals surface area (Å²) in [5.74, 6) is -0.0610. The number of rotatable bonds is 2. The van der Waals surface area contributed by atoms with Gasteiger partial charge >= 0.3 is 0 Å². The molecule has 3 rings (SSSR count). The van der Waals surface area contributed by atoms with Crippen LogP contribution in [0.25, 0.3) is 0 Å². The molecule has 1 fully saturated rings. The number of aromatic nitrogens is 1. The van der Waals surface area contributed by atoms with E-state index in [1.54, 1.807) is 0 Å². The molecule has 0 aromatic carbocycles. The third-order valence-corrected chi connectivity index (χ3v) is 5.09. The van der Waals surface area contributed by atoms with Gasteiger partial charge in [0.1, 0.15) is 0 Å². The normalized spacial score (nSPS) is 31.3. The maximum absolute atomic E-state index is 12.6. The number of ketones is 1. The first-order valence-corrected chi connectivity index (χ1v) is 7.21. The number of hydrogen-bond donors (Lipinski definition) is 3. The van der Waals surface area contributed by atoms with Gasteiger partial charge in [-0.05, 0) is 12.8 Å². The Morgan fingerprint density at radius 2 is 2.28 bits per heavy atom. The maximum Gasteiger partial charge on any atom is 0.212 e. The molecule has 0 bridgehead atoms. The zero-order valence-corrected chi connectivity index (χ0v) is 11.1. The van der Waals surface area contributed by atoms with Crippen molar-refractivity contribution in [2.45, 2.75) is 50.4 Å². The van der Waals surface area contributed by atoms with Gasteiger partial charge in [-0.25, -0.2) is 4.98 Å². The van der Waals surface area contributed by atoms with Crippen LogP contribution >= 0.6 is 11.3 Å². The molecule has 6 heteroatoms. The Kier molecular flexibility index (Phi) is 2.97. The predicted octanol–water partition coefficient (Wildman–Crippen LogP) is 0.528. The average Bonchev–Trinajstić information content (AvgIpc) is 2.92. The molecule has 2 heterocycles. The van der Waals surface area contributed by atoms with Crippen LogP contribution < -0.4 is 16.8 Å². The molecule has 5 nitrogen and oxygen atoms in total. The second-order valence-electron chi connectivity index (χ2n) is 5.21. The van der Waals surface area contributed by atoms with E-state index in [1.807, 2.05) is 0 Å². The van der Waals surface area contributed by atoms with Gasteiger partial charge in [0.2, 0.25) is 5.78 Å². The molecule has 98 valence electrons. The minimum atomic E-state index is -0.905. The summed E-state index contributed by atoms with van der Waals surface area (Å²) in [5.41, 5.74) is 12.4. The Morgan fingerprint density at radius 3 is 3.00 bits per heavy atom. The van der Waals surface area contributed by atoms with E-state index in [0.29, 0.717) is 11.4 Å². The number of hydrogen-bond acceptors (Lipinski definition) is 6. The topological polar surface area (TPSA) is 94.0 Å². The van der Waals surface area contributed by atoms with E-state index in [1.165, 1.54) is 11.3 Å². The highest BCUT2D eigenvalue weighted by molar-refractivity contribution is 7.13. The number of nitrogens with two attached hydrogens (primary N) is 2. The first-order valence-electron chi connectivity index (χ1n) is 6.40. The summed E-state index contributed by atoms with van der Waals surface area (Å²) < 4.78 is 0. The second-order valence-corrected chi connectivity index (χ2v) is 6.30. The molecular weight excluding hydrogens is 248 g/mol. The number of nitrogens with zero attached hydrogens (tertiary/aromatic N) is 1. The summed E-state index contributed by atoms with van der Waals surface area (Å²) in [4.78, 5) is 18.1. The number of carbonyl (C=O) groups is 1. The van der Waals surface area contributed by atoms with Crippen molar-refractivity contribution in [3.63, 3.8) is 0 Å². The fourth-order valence-corrected chi connectivity index (χ4v) is 3.84. The average molecular weight is 266 g/mol. The lowest BCUT2D eigenvalue weighted by Gasteiger charge is -2.36. The molecule has 2 aliphatic rings. The minimum Gasteiger partial charge on any atom is -0.326 e. The summed E-state index contributed by atoms with van der Waals surface area (Å²) >= 11 is 1.47. The van der Waals surface area contributed by atoms with E-state index < -0.39 is 5.54 Å². The molecule has 1 aliphatic heterocycles. The lowest BCUT2D eigenvalue weighted by Crippen LogP contribution is -2.62. The van der Waals surface area contributed by atoms with E-state index in [0.717, 1.165) is 42.9 Å².